The molecule has 0 spiro atoms. The van der Waals surface area contributed by atoms with Crippen LogP contribution in [0.3, 0.4) is 0 Å². The van der Waals surface area contributed by atoms with Crippen molar-refractivity contribution in [2.45, 2.75) is 32.4 Å². The molecule has 0 aliphatic heterocycles. The highest BCUT2D eigenvalue weighted by molar-refractivity contribution is 7.88. The minimum atomic E-state index is -3.27. The Balaban J connectivity index is 2.79. The maximum atomic E-state index is 12.3. The third-order valence-corrected chi connectivity index (χ3v) is 4.86. The summed E-state index contributed by atoms with van der Waals surface area (Å²) in [5.41, 5.74) is 1.26. The molecule has 0 atom stereocenters. The largest absolute Gasteiger partial charge is 0.218 e. The minimum absolute atomic E-state index is 0.00371. The SMILES string of the molecule is CCCCN(CC)S(=O)(=O)Cc1ccc(C#N)cc1. The first-order valence-corrected chi connectivity index (χ1v) is 8.11. The molecular formula is C14H20N2O2S. The van der Waals surface area contributed by atoms with Crippen molar-refractivity contribution in [3.05, 3.63) is 35.4 Å². The van der Waals surface area contributed by atoms with E-state index >= 15 is 0 Å². The number of unbranched alkanes of at least 4 members (excludes halogenated alkanes) is 1. The van der Waals surface area contributed by atoms with Crippen molar-refractivity contribution in [3.63, 3.8) is 0 Å². The van der Waals surface area contributed by atoms with Crippen molar-refractivity contribution in [2.75, 3.05) is 13.1 Å². The van der Waals surface area contributed by atoms with Gasteiger partial charge in [-0.1, -0.05) is 32.4 Å². The highest BCUT2D eigenvalue weighted by Crippen LogP contribution is 2.12. The molecule has 104 valence electrons. The Morgan fingerprint density at radius 1 is 1.21 bits per heavy atom. The van der Waals surface area contributed by atoms with Gasteiger partial charge in [0.15, 0.2) is 0 Å². The maximum absolute atomic E-state index is 12.3. The lowest BCUT2D eigenvalue weighted by atomic mass is 10.2. The van der Waals surface area contributed by atoms with E-state index in [0.29, 0.717) is 24.2 Å². The molecule has 0 aliphatic rings. The summed E-state index contributed by atoms with van der Waals surface area (Å²) in [5, 5.41) is 8.71. The van der Waals surface area contributed by atoms with E-state index in [-0.39, 0.29) is 5.75 Å². The highest BCUT2D eigenvalue weighted by atomic mass is 32.2. The second kappa shape index (κ2) is 7.27. The average molecular weight is 280 g/mol. The minimum Gasteiger partial charge on any atom is -0.212 e. The molecule has 0 aliphatic carbocycles. The molecule has 19 heavy (non-hydrogen) atoms. The van der Waals surface area contributed by atoms with Crippen LogP contribution in [0.15, 0.2) is 24.3 Å². The lowest BCUT2D eigenvalue weighted by molar-refractivity contribution is 0.418. The fraction of sp³-hybridized carbons (Fsp3) is 0.500. The Morgan fingerprint density at radius 3 is 2.32 bits per heavy atom. The molecule has 0 fully saturated rings. The molecule has 0 radical (unpaired) electrons. The van der Waals surface area contributed by atoms with Crippen LogP contribution in [-0.2, 0) is 15.8 Å². The van der Waals surface area contributed by atoms with Crippen molar-refractivity contribution in [2.24, 2.45) is 0 Å². The van der Waals surface area contributed by atoms with Crippen molar-refractivity contribution < 1.29 is 8.42 Å². The number of hydrogen-bond donors (Lipinski definition) is 0. The Kier molecular flexibility index (Phi) is 6.00. The van der Waals surface area contributed by atoms with Crippen LogP contribution in [0.25, 0.3) is 0 Å². The quantitative estimate of drug-likeness (QED) is 0.771. The van der Waals surface area contributed by atoms with Gasteiger partial charge in [-0.25, -0.2) is 12.7 Å². The number of hydrogen-bond acceptors (Lipinski definition) is 3. The van der Waals surface area contributed by atoms with Gasteiger partial charge in [0.25, 0.3) is 0 Å². The smallest absolute Gasteiger partial charge is 0.212 e. The third kappa shape index (κ3) is 4.66. The fourth-order valence-electron chi connectivity index (χ4n) is 1.81. The van der Waals surface area contributed by atoms with Gasteiger partial charge in [-0.15, -0.1) is 0 Å². The highest BCUT2D eigenvalue weighted by Gasteiger charge is 2.20. The van der Waals surface area contributed by atoms with Gasteiger partial charge in [-0.3, -0.25) is 0 Å². The van der Waals surface area contributed by atoms with Crippen LogP contribution in [0.2, 0.25) is 0 Å². The molecule has 1 aromatic rings. The summed E-state index contributed by atoms with van der Waals surface area (Å²) in [6, 6.07) is 8.71. The molecule has 4 nitrogen and oxygen atoms in total. The number of benzene rings is 1. The van der Waals surface area contributed by atoms with Crippen LogP contribution in [0.1, 0.15) is 37.8 Å². The number of nitrogens with zero attached hydrogens (tertiary/aromatic N) is 2. The first kappa shape index (κ1) is 15.7. The molecule has 0 saturated heterocycles. The Morgan fingerprint density at radius 2 is 1.84 bits per heavy atom. The van der Waals surface area contributed by atoms with Crippen molar-refractivity contribution >= 4 is 10.0 Å². The van der Waals surface area contributed by atoms with Crippen LogP contribution >= 0.6 is 0 Å². The normalized spacial score (nSPS) is 11.5. The first-order valence-electron chi connectivity index (χ1n) is 6.50. The monoisotopic (exact) mass is 280 g/mol. The molecule has 0 amide bonds. The van der Waals surface area contributed by atoms with E-state index in [4.69, 9.17) is 5.26 Å². The molecule has 0 heterocycles. The number of nitriles is 1. The Labute approximate surface area is 115 Å². The zero-order valence-corrected chi connectivity index (χ0v) is 12.3. The predicted octanol–water partition coefficient (Wildman–Crippen LogP) is 2.51. The lowest BCUT2D eigenvalue weighted by Gasteiger charge is -2.20. The summed E-state index contributed by atoms with van der Waals surface area (Å²) in [7, 11) is -3.27. The van der Waals surface area contributed by atoms with E-state index < -0.39 is 10.0 Å². The van der Waals surface area contributed by atoms with E-state index in [1.165, 1.54) is 4.31 Å². The molecule has 0 unspecified atom stereocenters. The van der Waals surface area contributed by atoms with Crippen LogP contribution in [-0.4, -0.2) is 25.8 Å². The van der Waals surface area contributed by atoms with Gasteiger partial charge in [0.2, 0.25) is 10.0 Å². The molecule has 0 bridgehead atoms. The predicted molar refractivity (Wildman–Crippen MR) is 75.9 cm³/mol. The van der Waals surface area contributed by atoms with Crippen LogP contribution < -0.4 is 0 Å². The molecule has 0 saturated carbocycles. The van der Waals surface area contributed by atoms with E-state index in [9.17, 15) is 8.42 Å². The fourth-order valence-corrected chi connectivity index (χ4v) is 3.40. The summed E-state index contributed by atoms with van der Waals surface area (Å²) in [6.07, 6.45) is 1.85. The Hall–Kier alpha value is -1.38. The lowest BCUT2D eigenvalue weighted by Crippen LogP contribution is -2.32. The van der Waals surface area contributed by atoms with Gasteiger partial charge in [0.05, 0.1) is 17.4 Å². The van der Waals surface area contributed by atoms with Crippen LogP contribution in [0.5, 0.6) is 0 Å². The zero-order valence-electron chi connectivity index (χ0n) is 11.5. The second-order valence-corrected chi connectivity index (χ2v) is 6.38. The van der Waals surface area contributed by atoms with Crippen molar-refractivity contribution in [1.82, 2.24) is 4.31 Å². The number of sulfonamides is 1. The molecule has 0 aromatic heterocycles. The Bertz CT molecular complexity index is 530. The third-order valence-electron chi connectivity index (χ3n) is 2.94. The molecule has 5 heteroatoms. The second-order valence-electron chi connectivity index (χ2n) is 4.41. The van der Waals surface area contributed by atoms with Gasteiger partial charge in [0, 0.05) is 13.1 Å². The topological polar surface area (TPSA) is 61.2 Å². The summed E-state index contributed by atoms with van der Waals surface area (Å²) in [4.78, 5) is 0. The van der Waals surface area contributed by atoms with Gasteiger partial charge in [-0.05, 0) is 24.1 Å². The van der Waals surface area contributed by atoms with Gasteiger partial charge in [0.1, 0.15) is 0 Å². The van der Waals surface area contributed by atoms with Gasteiger partial charge < -0.3 is 0 Å². The van der Waals surface area contributed by atoms with Crippen LogP contribution in [0, 0.1) is 11.3 Å². The molecule has 1 aromatic carbocycles. The maximum Gasteiger partial charge on any atom is 0.218 e. The first-order chi connectivity index (χ1) is 9.03. The average Bonchev–Trinajstić information content (AvgIpc) is 2.39. The van der Waals surface area contributed by atoms with E-state index in [1.807, 2.05) is 19.9 Å². The van der Waals surface area contributed by atoms with Crippen molar-refractivity contribution in [1.29, 1.82) is 5.26 Å². The van der Waals surface area contributed by atoms with Gasteiger partial charge in [-0.2, -0.15) is 5.26 Å². The molecular weight excluding hydrogens is 260 g/mol. The van der Waals surface area contributed by atoms with Crippen LogP contribution in [0.4, 0.5) is 0 Å². The summed E-state index contributed by atoms with van der Waals surface area (Å²) in [5.74, 6) is -0.00371. The summed E-state index contributed by atoms with van der Waals surface area (Å²) < 4.78 is 26.0. The summed E-state index contributed by atoms with van der Waals surface area (Å²) >= 11 is 0. The molecule has 0 N–H and O–H groups in total. The van der Waals surface area contributed by atoms with E-state index in [2.05, 4.69) is 0 Å². The van der Waals surface area contributed by atoms with E-state index in [1.54, 1.807) is 24.3 Å². The standard InChI is InChI=1S/C14H20N2O2S/c1-3-5-10-16(4-2)19(17,18)12-14-8-6-13(11-15)7-9-14/h6-9H,3-5,10,12H2,1-2H3. The van der Waals surface area contributed by atoms with Crippen molar-refractivity contribution in [3.8, 4) is 6.07 Å². The molecule has 1 rings (SSSR count). The number of rotatable bonds is 7. The summed E-state index contributed by atoms with van der Waals surface area (Å²) in [6.45, 7) is 4.97. The zero-order chi connectivity index (χ0) is 14.3. The van der Waals surface area contributed by atoms with E-state index in [0.717, 1.165) is 12.8 Å². The van der Waals surface area contributed by atoms with Gasteiger partial charge >= 0.3 is 0 Å².